The largest absolute Gasteiger partial charge is 0.484 e. The van der Waals surface area contributed by atoms with Crippen LogP contribution in [0.3, 0.4) is 0 Å². The second kappa shape index (κ2) is 7.40. The van der Waals surface area contributed by atoms with Gasteiger partial charge in [-0.3, -0.25) is 9.48 Å². The Bertz CT molecular complexity index is 801. The zero-order chi connectivity index (χ0) is 16.8. The Balaban J connectivity index is 1.48. The molecule has 3 aromatic rings. The quantitative estimate of drug-likeness (QED) is 0.717. The van der Waals surface area contributed by atoms with Gasteiger partial charge >= 0.3 is 0 Å². The molecule has 3 rings (SSSR count). The molecule has 0 saturated heterocycles. The lowest BCUT2D eigenvalue weighted by Crippen LogP contribution is -2.27. The monoisotopic (exact) mass is 330 g/mol. The van der Waals surface area contributed by atoms with E-state index < -0.39 is 5.82 Å². The van der Waals surface area contributed by atoms with Crippen molar-refractivity contribution < 1.29 is 18.3 Å². The van der Waals surface area contributed by atoms with Crippen LogP contribution in [0.15, 0.2) is 53.4 Å². The zero-order valence-corrected chi connectivity index (χ0v) is 12.7. The fourth-order valence-electron chi connectivity index (χ4n) is 1.99. The van der Waals surface area contributed by atoms with Crippen molar-refractivity contribution in [2.24, 2.45) is 0 Å². The molecule has 0 fully saturated rings. The molecule has 7 nitrogen and oxygen atoms in total. The first-order valence-corrected chi connectivity index (χ1v) is 7.29. The van der Waals surface area contributed by atoms with Crippen LogP contribution in [0, 0.1) is 5.82 Å². The molecular weight excluding hydrogens is 315 g/mol. The molecule has 2 heterocycles. The molecule has 8 heteroatoms. The number of halogens is 1. The molecule has 0 atom stereocenters. The van der Waals surface area contributed by atoms with Gasteiger partial charge in [-0.1, -0.05) is 6.07 Å². The van der Waals surface area contributed by atoms with E-state index in [0.717, 1.165) is 0 Å². The highest BCUT2D eigenvalue weighted by Crippen LogP contribution is 2.14. The van der Waals surface area contributed by atoms with Gasteiger partial charge in [0, 0.05) is 25.0 Å². The minimum absolute atomic E-state index is 0.00399. The number of carbonyl (C=O) groups excluding carboxylic acids is 1. The van der Waals surface area contributed by atoms with Crippen molar-refractivity contribution in [3.63, 3.8) is 0 Å². The Labute approximate surface area is 137 Å². The van der Waals surface area contributed by atoms with Gasteiger partial charge in [-0.25, -0.2) is 9.37 Å². The summed E-state index contributed by atoms with van der Waals surface area (Å²) in [6.07, 6.45) is 4.74. The number of oxazole rings is 1. The summed E-state index contributed by atoms with van der Waals surface area (Å²) in [5.41, 5.74) is 0.160. The zero-order valence-electron chi connectivity index (χ0n) is 12.7. The Morgan fingerprint density at radius 1 is 1.38 bits per heavy atom. The van der Waals surface area contributed by atoms with Crippen LogP contribution in [0.1, 0.15) is 16.4 Å². The van der Waals surface area contributed by atoms with Gasteiger partial charge in [-0.2, -0.15) is 5.10 Å². The predicted octanol–water partition coefficient (Wildman–Crippen LogP) is 2.02. The number of hydrogen-bond donors (Lipinski definition) is 1. The van der Waals surface area contributed by atoms with Crippen molar-refractivity contribution in [1.82, 2.24) is 20.1 Å². The van der Waals surface area contributed by atoms with Crippen LogP contribution < -0.4 is 10.1 Å². The molecule has 0 aliphatic rings. The van der Waals surface area contributed by atoms with E-state index in [4.69, 9.17) is 9.15 Å². The van der Waals surface area contributed by atoms with Crippen LogP contribution in [-0.2, 0) is 13.2 Å². The molecule has 0 unspecified atom stereocenters. The van der Waals surface area contributed by atoms with Crippen molar-refractivity contribution in [1.29, 1.82) is 0 Å². The second-order valence-corrected chi connectivity index (χ2v) is 4.90. The van der Waals surface area contributed by atoms with Gasteiger partial charge in [-0.05, 0) is 18.2 Å². The summed E-state index contributed by atoms with van der Waals surface area (Å²) >= 11 is 0. The smallest absolute Gasteiger partial charge is 0.273 e. The van der Waals surface area contributed by atoms with Gasteiger partial charge in [0.1, 0.15) is 17.8 Å². The number of carbonyl (C=O) groups is 1. The summed E-state index contributed by atoms with van der Waals surface area (Å²) in [4.78, 5) is 16.0. The van der Waals surface area contributed by atoms with Crippen molar-refractivity contribution >= 4 is 5.91 Å². The minimum Gasteiger partial charge on any atom is -0.484 e. The Kier molecular flexibility index (Phi) is 4.85. The van der Waals surface area contributed by atoms with Crippen molar-refractivity contribution in [3.05, 3.63) is 66.4 Å². The molecular formula is C16H15FN4O3. The van der Waals surface area contributed by atoms with Gasteiger partial charge in [0.05, 0.1) is 6.54 Å². The van der Waals surface area contributed by atoms with Crippen molar-refractivity contribution in [2.45, 2.75) is 13.2 Å². The summed E-state index contributed by atoms with van der Waals surface area (Å²) < 4.78 is 25.3. The van der Waals surface area contributed by atoms with Crippen LogP contribution in [0.4, 0.5) is 4.39 Å². The number of benzene rings is 1. The molecule has 24 heavy (non-hydrogen) atoms. The molecule has 1 aromatic carbocycles. The molecule has 0 spiro atoms. The number of rotatable bonds is 7. The fraction of sp³-hybridized carbons (Fsp3) is 0.188. The molecule has 2 aromatic heterocycles. The normalized spacial score (nSPS) is 10.5. The van der Waals surface area contributed by atoms with E-state index in [1.54, 1.807) is 23.0 Å². The summed E-state index contributed by atoms with van der Waals surface area (Å²) in [6.45, 7) is 0.985. The van der Waals surface area contributed by atoms with Crippen LogP contribution >= 0.6 is 0 Å². The molecule has 0 radical (unpaired) electrons. The fourth-order valence-corrected chi connectivity index (χ4v) is 1.99. The Morgan fingerprint density at radius 3 is 3.08 bits per heavy atom. The first-order valence-electron chi connectivity index (χ1n) is 7.29. The first-order chi connectivity index (χ1) is 11.7. The van der Waals surface area contributed by atoms with Crippen LogP contribution in [-0.4, -0.2) is 27.2 Å². The topological polar surface area (TPSA) is 82.2 Å². The van der Waals surface area contributed by atoms with E-state index in [-0.39, 0.29) is 24.1 Å². The van der Waals surface area contributed by atoms with E-state index in [0.29, 0.717) is 18.8 Å². The lowest BCUT2D eigenvalue weighted by Gasteiger charge is -2.03. The van der Waals surface area contributed by atoms with E-state index in [1.807, 2.05) is 12.3 Å². The van der Waals surface area contributed by atoms with Gasteiger partial charge in [-0.15, -0.1) is 0 Å². The standard InChI is InChI=1S/C16H15FN4O3/c17-12-3-1-4-13(9-12)23-11-15-20-14(10-24-15)16(22)18-6-8-21-7-2-5-19-21/h1-5,7,9-10H,6,8,11H2,(H,18,22). The molecule has 124 valence electrons. The molecule has 0 saturated carbocycles. The Hall–Kier alpha value is -3.16. The maximum atomic E-state index is 13.0. The SMILES string of the molecule is O=C(NCCn1cccn1)c1coc(COc2cccc(F)c2)n1. The number of nitrogens with zero attached hydrogens (tertiary/aromatic N) is 3. The van der Waals surface area contributed by atoms with Gasteiger partial charge in [0.2, 0.25) is 5.89 Å². The average Bonchev–Trinajstić information content (AvgIpc) is 3.25. The predicted molar refractivity (Wildman–Crippen MR) is 81.8 cm³/mol. The molecule has 1 N–H and O–H groups in total. The van der Waals surface area contributed by atoms with Gasteiger partial charge in [0.25, 0.3) is 5.91 Å². The lowest BCUT2D eigenvalue weighted by molar-refractivity contribution is 0.0947. The van der Waals surface area contributed by atoms with E-state index in [9.17, 15) is 9.18 Å². The summed E-state index contributed by atoms with van der Waals surface area (Å²) in [5, 5.41) is 6.76. The molecule has 1 amide bonds. The number of amides is 1. The highest BCUT2D eigenvalue weighted by Gasteiger charge is 2.12. The second-order valence-electron chi connectivity index (χ2n) is 4.90. The first kappa shape index (κ1) is 15.7. The summed E-state index contributed by atoms with van der Waals surface area (Å²) in [6, 6.07) is 7.55. The Morgan fingerprint density at radius 2 is 2.29 bits per heavy atom. The van der Waals surface area contributed by atoms with Gasteiger partial charge in [0.15, 0.2) is 12.3 Å². The summed E-state index contributed by atoms with van der Waals surface area (Å²) in [5.74, 6) is -0.144. The number of ether oxygens (including phenoxy) is 1. The van der Waals surface area contributed by atoms with Crippen molar-refractivity contribution in [2.75, 3.05) is 6.54 Å². The lowest BCUT2D eigenvalue weighted by atomic mass is 10.3. The molecule has 0 aliphatic carbocycles. The third-order valence-electron chi connectivity index (χ3n) is 3.13. The number of aromatic nitrogens is 3. The minimum atomic E-state index is -0.392. The van der Waals surface area contributed by atoms with Crippen LogP contribution in [0.5, 0.6) is 5.75 Å². The van der Waals surface area contributed by atoms with Crippen LogP contribution in [0.2, 0.25) is 0 Å². The van der Waals surface area contributed by atoms with Crippen LogP contribution in [0.25, 0.3) is 0 Å². The van der Waals surface area contributed by atoms with E-state index in [2.05, 4.69) is 15.4 Å². The maximum Gasteiger partial charge on any atom is 0.273 e. The average molecular weight is 330 g/mol. The third-order valence-corrected chi connectivity index (χ3v) is 3.13. The number of hydrogen-bond acceptors (Lipinski definition) is 5. The molecule has 0 bridgehead atoms. The highest BCUT2D eigenvalue weighted by molar-refractivity contribution is 5.91. The molecule has 0 aliphatic heterocycles. The van der Waals surface area contributed by atoms with E-state index >= 15 is 0 Å². The highest BCUT2D eigenvalue weighted by atomic mass is 19.1. The number of nitrogens with one attached hydrogen (secondary N) is 1. The van der Waals surface area contributed by atoms with E-state index in [1.165, 1.54) is 18.4 Å². The summed E-state index contributed by atoms with van der Waals surface area (Å²) in [7, 11) is 0. The third kappa shape index (κ3) is 4.19. The van der Waals surface area contributed by atoms with Crippen molar-refractivity contribution in [3.8, 4) is 5.75 Å². The van der Waals surface area contributed by atoms with Gasteiger partial charge < -0.3 is 14.5 Å². The maximum absolute atomic E-state index is 13.0.